The lowest BCUT2D eigenvalue weighted by Gasteiger charge is -2.30. The average molecular weight is 323 g/mol. The van der Waals surface area contributed by atoms with Crippen LogP contribution < -0.4 is 0 Å². The van der Waals surface area contributed by atoms with Gasteiger partial charge in [0.2, 0.25) is 0 Å². The van der Waals surface area contributed by atoms with E-state index in [0.29, 0.717) is 19.3 Å². The van der Waals surface area contributed by atoms with Crippen LogP contribution in [-0.2, 0) is 4.74 Å². The van der Waals surface area contributed by atoms with Crippen LogP contribution in [0, 0.1) is 23.7 Å². The number of carbonyl (C=O) groups excluding carboxylic acids is 1. The number of rotatable bonds is 9. The van der Waals surface area contributed by atoms with E-state index in [1.807, 2.05) is 13.8 Å². The molecule has 1 unspecified atom stereocenters. The van der Waals surface area contributed by atoms with E-state index in [0.717, 1.165) is 19.3 Å². The van der Waals surface area contributed by atoms with E-state index < -0.39 is 12.3 Å². The molecule has 1 amide bonds. The molecule has 0 aliphatic heterocycles. The van der Waals surface area contributed by atoms with Crippen LogP contribution in [0.3, 0.4) is 0 Å². The van der Waals surface area contributed by atoms with Crippen molar-refractivity contribution in [3.8, 4) is 23.7 Å². The molecule has 0 aliphatic carbocycles. The maximum Gasteiger partial charge on any atom is 0.412 e. The number of aliphatic hydroxyl groups is 2. The maximum absolute atomic E-state index is 11.8. The van der Waals surface area contributed by atoms with Crippen molar-refractivity contribution in [1.82, 2.24) is 4.90 Å². The molecule has 0 aliphatic rings. The zero-order valence-corrected chi connectivity index (χ0v) is 14.5. The largest absolute Gasteiger partial charge is 0.450 e. The van der Waals surface area contributed by atoms with Crippen molar-refractivity contribution in [3.05, 3.63) is 0 Å². The summed E-state index contributed by atoms with van der Waals surface area (Å²) in [7, 11) is 0. The first-order valence-corrected chi connectivity index (χ1v) is 8.24. The number of ether oxygens (including phenoxy) is 1. The van der Waals surface area contributed by atoms with E-state index >= 15 is 0 Å². The lowest BCUT2D eigenvalue weighted by molar-refractivity contribution is -0.0198. The van der Waals surface area contributed by atoms with Gasteiger partial charge in [0.1, 0.15) is 6.23 Å². The minimum Gasteiger partial charge on any atom is -0.450 e. The fourth-order valence-corrected chi connectivity index (χ4v) is 1.93. The number of hydrogen-bond donors (Lipinski definition) is 2. The standard InChI is InChI=1S/C18H29NO4/c1-4-23-18(22)19(16(2)3)17(21)14-12-10-8-6-5-7-9-11-13-15-20/h16-17,20-21H,4,9-15H2,1-3H3. The van der Waals surface area contributed by atoms with Crippen LogP contribution in [0.25, 0.3) is 0 Å². The molecule has 0 aromatic heterocycles. The van der Waals surface area contributed by atoms with Crippen LogP contribution in [0.5, 0.6) is 0 Å². The van der Waals surface area contributed by atoms with Crippen molar-refractivity contribution < 1.29 is 19.7 Å². The van der Waals surface area contributed by atoms with E-state index in [1.165, 1.54) is 4.90 Å². The number of amides is 1. The van der Waals surface area contributed by atoms with Gasteiger partial charge in [-0.25, -0.2) is 4.79 Å². The highest BCUT2D eigenvalue weighted by Crippen LogP contribution is 2.12. The molecule has 0 saturated carbocycles. The molecule has 0 saturated heterocycles. The molecule has 0 aromatic rings. The molecule has 5 heteroatoms. The molecular formula is C18H29NO4. The zero-order valence-electron chi connectivity index (χ0n) is 14.5. The predicted octanol–water partition coefficient (Wildman–Crippen LogP) is 2.51. The Labute approximate surface area is 140 Å². The highest BCUT2D eigenvalue weighted by atomic mass is 16.6. The zero-order chi connectivity index (χ0) is 17.5. The lowest BCUT2D eigenvalue weighted by atomic mass is 10.2. The molecule has 5 nitrogen and oxygen atoms in total. The first kappa shape index (κ1) is 21.3. The average Bonchev–Trinajstić information content (AvgIpc) is 2.49. The van der Waals surface area contributed by atoms with E-state index in [-0.39, 0.29) is 19.3 Å². The Morgan fingerprint density at radius 3 is 2.26 bits per heavy atom. The summed E-state index contributed by atoms with van der Waals surface area (Å²) in [5, 5.41) is 18.7. The third-order valence-electron chi connectivity index (χ3n) is 3.07. The van der Waals surface area contributed by atoms with E-state index in [1.54, 1.807) is 6.92 Å². The number of unbranched alkanes of at least 4 members (excludes halogenated alkanes) is 3. The van der Waals surface area contributed by atoms with Gasteiger partial charge in [-0.1, -0.05) is 11.8 Å². The van der Waals surface area contributed by atoms with Gasteiger partial charge in [-0.3, -0.25) is 4.90 Å². The summed E-state index contributed by atoms with van der Waals surface area (Å²) in [6.45, 7) is 5.91. The van der Waals surface area contributed by atoms with Crippen LogP contribution >= 0.6 is 0 Å². The first-order valence-electron chi connectivity index (χ1n) is 8.24. The van der Waals surface area contributed by atoms with Crippen LogP contribution in [0.15, 0.2) is 0 Å². The fraction of sp³-hybridized carbons (Fsp3) is 0.722. The molecule has 0 aromatic carbocycles. The third-order valence-corrected chi connectivity index (χ3v) is 3.07. The van der Waals surface area contributed by atoms with Gasteiger partial charge >= 0.3 is 6.09 Å². The van der Waals surface area contributed by atoms with Crippen molar-refractivity contribution in [3.63, 3.8) is 0 Å². The third kappa shape index (κ3) is 10.6. The second-order valence-electron chi connectivity index (χ2n) is 5.36. The number of aliphatic hydroxyl groups excluding tert-OH is 2. The van der Waals surface area contributed by atoms with Gasteiger partial charge in [-0.15, -0.1) is 0 Å². The molecule has 0 spiro atoms. The van der Waals surface area contributed by atoms with Gasteiger partial charge in [0, 0.05) is 25.5 Å². The monoisotopic (exact) mass is 323 g/mol. The molecular weight excluding hydrogens is 294 g/mol. The quantitative estimate of drug-likeness (QED) is 0.389. The van der Waals surface area contributed by atoms with Crippen LogP contribution in [-0.4, -0.2) is 46.7 Å². The molecule has 0 rings (SSSR count). The van der Waals surface area contributed by atoms with Crippen LogP contribution in [0.2, 0.25) is 0 Å². The Kier molecular flexibility index (Phi) is 12.9. The summed E-state index contributed by atoms with van der Waals surface area (Å²) in [5.41, 5.74) is 0. The number of nitrogens with zero attached hydrogens (tertiary/aromatic N) is 1. The summed E-state index contributed by atoms with van der Waals surface area (Å²) in [5.74, 6) is 11.4. The Hall–Kier alpha value is -1.69. The van der Waals surface area contributed by atoms with Gasteiger partial charge in [-0.2, -0.15) is 0 Å². The van der Waals surface area contributed by atoms with Gasteiger partial charge in [0.15, 0.2) is 0 Å². The van der Waals surface area contributed by atoms with Crippen molar-refractivity contribution in [2.75, 3.05) is 13.2 Å². The maximum atomic E-state index is 11.8. The normalized spacial score (nSPS) is 11.0. The van der Waals surface area contributed by atoms with Crippen molar-refractivity contribution in [1.29, 1.82) is 0 Å². The molecule has 1 atom stereocenters. The molecule has 0 heterocycles. The topological polar surface area (TPSA) is 70.0 Å². The predicted molar refractivity (Wildman–Crippen MR) is 90.3 cm³/mol. The highest BCUT2D eigenvalue weighted by Gasteiger charge is 2.25. The summed E-state index contributed by atoms with van der Waals surface area (Å²) in [4.78, 5) is 13.1. The van der Waals surface area contributed by atoms with Gasteiger partial charge in [0.05, 0.1) is 6.61 Å². The molecule has 0 fully saturated rings. The van der Waals surface area contributed by atoms with Gasteiger partial charge in [-0.05, 0) is 58.3 Å². The Morgan fingerprint density at radius 1 is 1.13 bits per heavy atom. The second kappa shape index (κ2) is 13.9. The smallest absolute Gasteiger partial charge is 0.412 e. The minimum absolute atomic E-state index is 0.125. The first-order chi connectivity index (χ1) is 11.0. The van der Waals surface area contributed by atoms with E-state index in [4.69, 9.17) is 9.84 Å². The van der Waals surface area contributed by atoms with E-state index in [2.05, 4.69) is 23.7 Å². The summed E-state index contributed by atoms with van der Waals surface area (Å²) >= 11 is 0. The molecule has 130 valence electrons. The Bertz CT molecular complexity index is 439. The van der Waals surface area contributed by atoms with Crippen molar-refractivity contribution in [2.45, 2.75) is 71.6 Å². The van der Waals surface area contributed by atoms with E-state index in [9.17, 15) is 9.90 Å². The summed E-state index contributed by atoms with van der Waals surface area (Å²) in [6.07, 6.45) is 2.81. The fourth-order valence-electron chi connectivity index (χ4n) is 1.93. The Morgan fingerprint density at radius 2 is 1.74 bits per heavy atom. The van der Waals surface area contributed by atoms with Crippen molar-refractivity contribution >= 4 is 6.09 Å². The van der Waals surface area contributed by atoms with Crippen molar-refractivity contribution in [2.24, 2.45) is 0 Å². The lowest BCUT2D eigenvalue weighted by Crippen LogP contribution is -2.45. The second-order valence-corrected chi connectivity index (χ2v) is 5.36. The van der Waals surface area contributed by atoms with Gasteiger partial charge < -0.3 is 14.9 Å². The summed E-state index contributed by atoms with van der Waals surface area (Å²) in [6, 6.07) is -0.125. The number of carbonyl (C=O) groups is 1. The molecule has 0 radical (unpaired) electrons. The molecule has 0 bridgehead atoms. The number of hydrogen-bond acceptors (Lipinski definition) is 4. The molecule has 23 heavy (non-hydrogen) atoms. The van der Waals surface area contributed by atoms with Gasteiger partial charge in [0.25, 0.3) is 0 Å². The molecule has 2 N–H and O–H groups in total. The summed E-state index contributed by atoms with van der Waals surface area (Å²) < 4.78 is 4.95. The van der Waals surface area contributed by atoms with Crippen LogP contribution in [0.1, 0.15) is 59.3 Å². The SMILES string of the molecule is CCOC(=O)N(C(C)C)C(O)CCCC#CC#CCCCCO. The van der Waals surface area contributed by atoms with Crippen LogP contribution in [0.4, 0.5) is 4.79 Å². The Balaban J connectivity index is 4.08. The highest BCUT2D eigenvalue weighted by molar-refractivity contribution is 5.68. The minimum atomic E-state index is -0.861.